The van der Waals surface area contributed by atoms with Crippen molar-refractivity contribution in [1.82, 2.24) is 9.66 Å². The van der Waals surface area contributed by atoms with Crippen molar-refractivity contribution in [1.29, 1.82) is 0 Å². The molecule has 2 N–H and O–H groups in total. The molecule has 1 aromatic carbocycles. The van der Waals surface area contributed by atoms with Gasteiger partial charge in [-0.15, -0.1) is 0 Å². The van der Waals surface area contributed by atoms with Gasteiger partial charge in [0.05, 0.1) is 31.3 Å². The van der Waals surface area contributed by atoms with E-state index in [4.69, 9.17) is 10.5 Å². The molecule has 1 saturated heterocycles. The fourth-order valence-electron chi connectivity index (χ4n) is 2.44. The summed E-state index contributed by atoms with van der Waals surface area (Å²) in [6.45, 7) is 4.73. The molecule has 0 unspecified atom stereocenters. The quantitative estimate of drug-likeness (QED) is 0.875. The van der Waals surface area contributed by atoms with Crippen LogP contribution in [0.4, 0.5) is 16.0 Å². The minimum Gasteiger partial charge on any atom is -0.378 e. The summed E-state index contributed by atoms with van der Waals surface area (Å²) in [4.78, 5) is 6.24. The number of anilines is 2. The van der Waals surface area contributed by atoms with Gasteiger partial charge in [-0.3, -0.25) is 0 Å². The third-order valence-corrected chi connectivity index (χ3v) is 3.50. The van der Waals surface area contributed by atoms with Gasteiger partial charge in [0.1, 0.15) is 5.82 Å². The number of morpholine rings is 1. The number of aromatic nitrogens is 2. The van der Waals surface area contributed by atoms with E-state index in [0.29, 0.717) is 24.7 Å². The van der Waals surface area contributed by atoms with E-state index >= 15 is 0 Å². The van der Waals surface area contributed by atoms with E-state index < -0.39 is 0 Å². The largest absolute Gasteiger partial charge is 0.378 e. The maximum Gasteiger partial charge on any atom is 0.221 e. The van der Waals surface area contributed by atoms with Crippen molar-refractivity contribution < 1.29 is 9.13 Å². The second-order valence-electron chi connectivity index (χ2n) is 5.13. The lowest BCUT2D eigenvalue weighted by atomic mass is 10.1. The summed E-state index contributed by atoms with van der Waals surface area (Å²) in [5.74, 6) is 0.00585. The molecule has 1 aliphatic rings. The van der Waals surface area contributed by atoms with Crippen molar-refractivity contribution in [2.75, 3.05) is 36.9 Å². The molecule has 6 nitrogen and oxygen atoms in total. The number of hydrogen-bond acceptors (Lipinski definition) is 5. The van der Waals surface area contributed by atoms with Gasteiger partial charge in [0.25, 0.3) is 0 Å². The molecule has 1 aromatic heterocycles. The highest BCUT2D eigenvalue weighted by Crippen LogP contribution is 2.21. The number of halogens is 1. The summed E-state index contributed by atoms with van der Waals surface area (Å²) in [6, 6.07) is 4.69. The SMILES string of the molecule is Cc1cn(N=Cc2cc(F)ccc2N2CCOCC2)c(N)n1. The number of rotatable bonds is 3. The van der Waals surface area contributed by atoms with Crippen LogP contribution in [0.25, 0.3) is 0 Å². The Hall–Kier alpha value is -2.41. The highest BCUT2D eigenvalue weighted by atomic mass is 19.1. The van der Waals surface area contributed by atoms with Gasteiger partial charge in [-0.2, -0.15) is 5.10 Å². The predicted octanol–water partition coefficient (Wildman–Crippen LogP) is 1.63. The van der Waals surface area contributed by atoms with E-state index in [2.05, 4.69) is 15.0 Å². The topological polar surface area (TPSA) is 68.7 Å². The average molecular weight is 303 g/mol. The van der Waals surface area contributed by atoms with Crippen LogP contribution in [0.15, 0.2) is 29.5 Å². The van der Waals surface area contributed by atoms with Crippen molar-refractivity contribution in [3.05, 3.63) is 41.5 Å². The molecule has 1 aliphatic heterocycles. The molecule has 0 bridgehead atoms. The van der Waals surface area contributed by atoms with Crippen LogP contribution < -0.4 is 10.6 Å². The van der Waals surface area contributed by atoms with Crippen LogP contribution in [0.1, 0.15) is 11.3 Å². The summed E-state index contributed by atoms with van der Waals surface area (Å²) >= 11 is 0. The number of hydrogen-bond donors (Lipinski definition) is 1. The molecule has 0 saturated carbocycles. The maximum absolute atomic E-state index is 13.6. The van der Waals surface area contributed by atoms with Crippen LogP contribution in [-0.4, -0.2) is 42.2 Å². The van der Waals surface area contributed by atoms with Crippen LogP contribution in [0.5, 0.6) is 0 Å². The fraction of sp³-hybridized carbons (Fsp3) is 0.333. The number of benzene rings is 1. The number of nitrogens with zero attached hydrogens (tertiary/aromatic N) is 4. The standard InChI is InChI=1S/C15H18FN5O/c1-11-10-21(15(17)19-11)18-9-12-8-13(16)2-3-14(12)20-4-6-22-7-5-20/h2-3,8-10H,4-7H2,1H3,(H2,17,19). The third kappa shape index (κ3) is 3.09. The molecule has 116 valence electrons. The first-order valence-electron chi connectivity index (χ1n) is 7.11. The van der Waals surface area contributed by atoms with E-state index in [-0.39, 0.29) is 5.82 Å². The molecule has 22 heavy (non-hydrogen) atoms. The molecule has 0 aliphatic carbocycles. The second kappa shape index (κ2) is 6.15. The molecular formula is C15H18FN5O. The van der Waals surface area contributed by atoms with E-state index in [0.717, 1.165) is 24.5 Å². The van der Waals surface area contributed by atoms with Gasteiger partial charge < -0.3 is 15.4 Å². The molecule has 3 rings (SSSR count). The molecule has 0 radical (unpaired) electrons. The van der Waals surface area contributed by atoms with Gasteiger partial charge in [-0.05, 0) is 25.1 Å². The Kier molecular flexibility index (Phi) is 4.06. The lowest BCUT2D eigenvalue weighted by Gasteiger charge is -2.30. The maximum atomic E-state index is 13.6. The van der Waals surface area contributed by atoms with Crippen LogP contribution in [0.3, 0.4) is 0 Å². The molecule has 2 aromatic rings. The van der Waals surface area contributed by atoms with Crippen molar-refractivity contribution in [3.63, 3.8) is 0 Å². The van der Waals surface area contributed by atoms with Crippen molar-refractivity contribution in [2.45, 2.75) is 6.92 Å². The van der Waals surface area contributed by atoms with Gasteiger partial charge >= 0.3 is 0 Å². The Balaban J connectivity index is 1.91. The predicted molar refractivity (Wildman–Crippen MR) is 83.8 cm³/mol. The van der Waals surface area contributed by atoms with E-state index in [1.807, 2.05) is 6.92 Å². The summed E-state index contributed by atoms with van der Waals surface area (Å²) in [6.07, 6.45) is 3.32. The lowest BCUT2D eigenvalue weighted by molar-refractivity contribution is 0.122. The normalized spacial score (nSPS) is 15.6. The molecule has 2 heterocycles. The Morgan fingerprint density at radius 1 is 1.36 bits per heavy atom. The molecule has 0 spiro atoms. The first kappa shape index (κ1) is 14.5. The highest BCUT2D eigenvalue weighted by Gasteiger charge is 2.14. The fourth-order valence-corrected chi connectivity index (χ4v) is 2.44. The van der Waals surface area contributed by atoms with Crippen molar-refractivity contribution >= 4 is 17.9 Å². The van der Waals surface area contributed by atoms with Gasteiger partial charge in [-0.25, -0.2) is 14.1 Å². The number of ether oxygens (including phenoxy) is 1. The van der Waals surface area contributed by atoms with Gasteiger partial charge in [0.15, 0.2) is 0 Å². The zero-order valence-electron chi connectivity index (χ0n) is 12.4. The Bertz CT molecular complexity index is 691. The number of nitrogen functional groups attached to an aromatic ring is 1. The van der Waals surface area contributed by atoms with Crippen molar-refractivity contribution in [2.24, 2.45) is 5.10 Å². The van der Waals surface area contributed by atoms with Gasteiger partial charge in [-0.1, -0.05) is 0 Å². The molecule has 0 atom stereocenters. The average Bonchev–Trinajstić information content (AvgIpc) is 2.84. The zero-order valence-corrected chi connectivity index (χ0v) is 12.4. The molecule has 0 amide bonds. The Labute approximate surface area is 128 Å². The summed E-state index contributed by atoms with van der Waals surface area (Å²) < 4.78 is 20.4. The first-order valence-corrected chi connectivity index (χ1v) is 7.11. The monoisotopic (exact) mass is 303 g/mol. The van der Waals surface area contributed by atoms with E-state index in [9.17, 15) is 4.39 Å². The number of imidazole rings is 1. The molecular weight excluding hydrogens is 285 g/mol. The minimum atomic E-state index is -0.298. The third-order valence-electron chi connectivity index (χ3n) is 3.50. The Morgan fingerprint density at radius 2 is 2.14 bits per heavy atom. The van der Waals surface area contributed by atoms with Crippen LogP contribution in [0.2, 0.25) is 0 Å². The van der Waals surface area contributed by atoms with Crippen LogP contribution >= 0.6 is 0 Å². The van der Waals surface area contributed by atoms with Gasteiger partial charge in [0, 0.05) is 24.3 Å². The van der Waals surface area contributed by atoms with Crippen molar-refractivity contribution in [3.8, 4) is 0 Å². The Morgan fingerprint density at radius 3 is 2.82 bits per heavy atom. The molecule has 7 heteroatoms. The second-order valence-corrected chi connectivity index (χ2v) is 5.13. The number of aryl methyl sites for hydroxylation is 1. The van der Waals surface area contributed by atoms with Crippen LogP contribution in [-0.2, 0) is 4.74 Å². The molecule has 1 fully saturated rings. The minimum absolute atomic E-state index is 0.298. The smallest absolute Gasteiger partial charge is 0.221 e. The highest BCUT2D eigenvalue weighted by molar-refractivity contribution is 5.88. The van der Waals surface area contributed by atoms with Gasteiger partial charge in [0.2, 0.25) is 5.95 Å². The summed E-state index contributed by atoms with van der Waals surface area (Å²) in [5, 5.41) is 4.27. The zero-order chi connectivity index (χ0) is 15.5. The van der Waals surface area contributed by atoms with E-state index in [1.165, 1.54) is 16.8 Å². The van der Waals surface area contributed by atoms with Crippen LogP contribution in [0, 0.1) is 12.7 Å². The summed E-state index contributed by atoms with van der Waals surface area (Å²) in [7, 11) is 0. The van der Waals surface area contributed by atoms with E-state index in [1.54, 1.807) is 18.5 Å². The first-order chi connectivity index (χ1) is 10.6. The summed E-state index contributed by atoms with van der Waals surface area (Å²) in [5.41, 5.74) is 8.17. The number of nitrogens with two attached hydrogens (primary N) is 1. The lowest BCUT2D eigenvalue weighted by Crippen LogP contribution is -2.36.